The molecule has 96 valence electrons. The number of carboxylic acid groups (broad SMARTS) is 1. The van der Waals surface area contributed by atoms with Gasteiger partial charge in [0.1, 0.15) is 16.9 Å². The van der Waals surface area contributed by atoms with Crippen molar-refractivity contribution in [3.8, 4) is 0 Å². The van der Waals surface area contributed by atoms with Crippen LogP contribution >= 0.6 is 11.3 Å². The number of carbonyl (C=O) groups is 1. The highest BCUT2D eigenvalue weighted by Crippen LogP contribution is 2.14. The van der Waals surface area contributed by atoms with E-state index in [4.69, 9.17) is 9.52 Å². The van der Waals surface area contributed by atoms with Gasteiger partial charge >= 0.3 is 5.97 Å². The number of furan rings is 1. The lowest BCUT2D eigenvalue weighted by Gasteiger charge is -2.01. The highest BCUT2D eigenvalue weighted by atomic mass is 32.1. The number of hydrogen-bond acceptors (Lipinski definition) is 5. The van der Waals surface area contributed by atoms with Crippen LogP contribution in [0.4, 0.5) is 0 Å². The number of hydrogen-bond donors (Lipinski definition) is 1. The second-order valence-corrected chi connectivity index (χ2v) is 4.82. The molecule has 0 bridgehead atoms. The lowest BCUT2D eigenvalue weighted by atomic mass is 10.3. The fourth-order valence-electron chi connectivity index (χ4n) is 1.75. The Morgan fingerprint density at radius 1 is 1.53 bits per heavy atom. The number of aromatic carboxylic acids is 1. The zero-order valence-corrected chi connectivity index (χ0v) is 10.4. The summed E-state index contributed by atoms with van der Waals surface area (Å²) in [5, 5.41) is 11.2. The first-order chi connectivity index (χ1) is 9.15. The van der Waals surface area contributed by atoms with E-state index in [2.05, 4.69) is 4.98 Å². The van der Waals surface area contributed by atoms with E-state index < -0.39 is 5.97 Å². The molecule has 3 rings (SSSR count). The fraction of sp³-hybridized carbons (Fsp3) is 0.0833. The first-order valence-corrected chi connectivity index (χ1v) is 6.26. The van der Waals surface area contributed by atoms with Gasteiger partial charge in [-0.05, 0) is 17.5 Å². The molecule has 0 aliphatic carbocycles. The largest absolute Gasteiger partial charge is 0.478 e. The van der Waals surface area contributed by atoms with Gasteiger partial charge in [0.25, 0.3) is 5.56 Å². The van der Waals surface area contributed by atoms with Crippen LogP contribution in [0.1, 0.15) is 16.1 Å². The molecule has 7 heteroatoms. The summed E-state index contributed by atoms with van der Waals surface area (Å²) in [5.41, 5.74) is -0.104. The highest BCUT2D eigenvalue weighted by Gasteiger charge is 2.10. The van der Waals surface area contributed by atoms with Gasteiger partial charge in [-0.15, -0.1) is 11.3 Å². The van der Waals surface area contributed by atoms with Crippen LogP contribution in [0.25, 0.3) is 10.2 Å². The molecule has 0 amide bonds. The summed E-state index contributed by atoms with van der Waals surface area (Å²) in [5.74, 6) is -0.662. The SMILES string of the molecule is O=C(O)c1coc(Cn2cnc3sccc3c2=O)c1. The number of fused-ring (bicyclic) bond motifs is 1. The van der Waals surface area contributed by atoms with E-state index >= 15 is 0 Å². The number of carboxylic acids is 1. The van der Waals surface area contributed by atoms with Crippen molar-refractivity contribution in [2.45, 2.75) is 6.54 Å². The van der Waals surface area contributed by atoms with E-state index in [1.807, 2.05) is 0 Å². The maximum absolute atomic E-state index is 12.1. The van der Waals surface area contributed by atoms with Crippen LogP contribution in [-0.4, -0.2) is 20.6 Å². The van der Waals surface area contributed by atoms with Crippen LogP contribution in [0, 0.1) is 0 Å². The van der Waals surface area contributed by atoms with Gasteiger partial charge in [-0.2, -0.15) is 0 Å². The van der Waals surface area contributed by atoms with Crippen molar-refractivity contribution in [3.05, 3.63) is 51.8 Å². The van der Waals surface area contributed by atoms with Gasteiger partial charge in [-0.3, -0.25) is 9.36 Å². The molecule has 3 aromatic heterocycles. The lowest BCUT2D eigenvalue weighted by Crippen LogP contribution is -2.20. The van der Waals surface area contributed by atoms with Crippen molar-refractivity contribution in [1.82, 2.24) is 9.55 Å². The van der Waals surface area contributed by atoms with E-state index in [1.54, 1.807) is 11.4 Å². The average molecular weight is 276 g/mol. The third-order valence-corrected chi connectivity index (χ3v) is 3.50. The standard InChI is InChI=1S/C12H8N2O4S/c15-11-9-1-2-19-10(9)13-6-14(11)4-8-3-7(5-18-8)12(16)17/h1-3,5-6H,4H2,(H,16,17). The Morgan fingerprint density at radius 3 is 3.11 bits per heavy atom. The predicted octanol–water partition coefficient (Wildman–Crippen LogP) is 1.80. The molecule has 0 unspecified atom stereocenters. The van der Waals surface area contributed by atoms with Crippen molar-refractivity contribution in [2.75, 3.05) is 0 Å². The maximum atomic E-state index is 12.1. The molecule has 0 atom stereocenters. The van der Waals surface area contributed by atoms with E-state index in [1.165, 1.54) is 28.3 Å². The van der Waals surface area contributed by atoms with Crippen LogP contribution in [-0.2, 0) is 6.54 Å². The molecule has 0 aliphatic heterocycles. The molecule has 0 saturated heterocycles. The quantitative estimate of drug-likeness (QED) is 0.788. The molecule has 0 saturated carbocycles. The Morgan fingerprint density at radius 2 is 2.37 bits per heavy atom. The zero-order valence-electron chi connectivity index (χ0n) is 9.57. The number of nitrogens with zero attached hydrogens (tertiary/aromatic N) is 2. The van der Waals surface area contributed by atoms with Crippen molar-refractivity contribution in [1.29, 1.82) is 0 Å². The lowest BCUT2D eigenvalue weighted by molar-refractivity contribution is 0.0696. The van der Waals surface area contributed by atoms with Crippen molar-refractivity contribution < 1.29 is 14.3 Å². The van der Waals surface area contributed by atoms with Gasteiger partial charge in [-0.1, -0.05) is 0 Å². The number of rotatable bonds is 3. The van der Waals surface area contributed by atoms with Crippen LogP contribution < -0.4 is 5.56 Å². The van der Waals surface area contributed by atoms with Gasteiger partial charge in [0.15, 0.2) is 0 Å². The molecule has 0 fully saturated rings. The van der Waals surface area contributed by atoms with Gasteiger partial charge in [0.2, 0.25) is 0 Å². The van der Waals surface area contributed by atoms with Crippen molar-refractivity contribution >= 4 is 27.5 Å². The van der Waals surface area contributed by atoms with Gasteiger partial charge in [-0.25, -0.2) is 9.78 Å². The molecule has 19 heavy (non-hydrogen) atoms. The maximum Gasteiger partial charge on any atom is 0.338 e. The summed E-state index contributed by atoms with van der Waals surface area (Å²) in [7, 11) is 0. The first-order valence-electron chi connectivity index (χ1n) is 5.38. The average Bonchev–Trinajstić information content (AvgIpc) is 3.01. The fourth-order valence-corrected chi connectivity index (χ4v) is 2.47. The van der Waals surface area contributed by atoms with Gasteiger partial charge in [0.05, 0.1) is 23.8 Å². The van der Waals surface area contributed by atoms with Crippen molar-refractivity contribution in [3.63, 3.8) is 0 Å². The molecular weight excluding hydrogens is 268 g/mol. The molecule has 0 spiro atoms. The minimum Gasteiger partial charge on any atom is -0.478 e. The second kappa shape index (κ2) is 4.36. The summed E-state index contributed by atoms with van der Waals surface area (Å²) in [6.45, 7) is 0.158. The summed E-state index contributed by atoms with van der Waals surface area (Å²) in [4.78, 5) is 27.7. The Bertz CT molecular complexity index is 814. The van der Waals surface area contributed by atoms with Crippen molar-refractivity contribution in [2.24, 2.45) is 0 Å². The molecule has 0 aliphatic rings. The van der Waals surface area contributed by atoms with E-state index in [9.17, 15) is 9.59 Å². The summed E-state index contributed by atoms with van der Waals surface area (Å²) < 4.78 is 6.50. The third kappa shape index (κ3) is 2.04. The van der Waals surface area contributed by atoms with E-state index in [0.717, 1.165) is 6.26 Å². The minimum absolute atomic E-state index is 0.0626. The molecule has 3 aromatic rings. The predicted molar refractivity (Wildman–Crippen MR) is 68.6 cm³/mol. The minimum atomic E-state index is -1.06. The Kier molecular flexibility index (Phi) is 2.68. The molecule has 0 radical (unpaired) electrons. The highest BCUT2D eigenvalue weighted by molar-refractivity contribution is 7.16. The zero-order chi connectivity index (χ0) is 13.4. The number of thiophene rings is 1. The van der Waals surface area contributed by atoms with Crippen LogP contribution in [0.2, 0.25) is 0 Å². The smallest absolute Gasteiger partial charge is 0.338 e. The summed E-state index contributed by atoms with van der Waals surface area (Å²) >= 11 is 1.40. The van der Waals surface area contributed by atoms with Crippen LogP contribution in [0.15, 0.2) is 39.3 Å². The molecule has 0 aromatic carbocycles. The Hall–Kier alpha value is -2.41. The van der Waals surface area contributed by atoms with E-state index in [-0.39, 0.29) is 17.7 Å². The topological polar surface area (TPSA) is 85.3 Å². The summed E-state index contributed by atoms with van der Waals surface area (Å²) in [6.07, 6.45) is 2.59. The Labute approximate surface area is 110 Å². The van der Waals surface area contributed by atoms with Gasteiger partial charge < -0.3 is 9.52 Å². The summed E-state index contributed by atoms with van der Waals surface area (Å²) in [6, 6.07) is 3.11. The van der Waals surface area contributed by atoms with Crippen LogP contribution in [0.3, 0.4) is 0 Å². The first kappa shape index (κ1) is 11.7. The second-order valence-electron chi connectivity index (χ2n) is 3.92. The molecule has 6 nitrogen and oxygen atoms in total. The van der Waals surface area contributed by atoms with Gasteiger partial charge in [0, 0.05) is 0 Å². The molecule has 1 N–H and O–H groups in total. The third-order valence-electron chi connectivity index (χ3n) is 2.68. The molecular formula is C12H8N2O4S. The monoisotopic (exact) mass is 276 g/mol. The normalized spacial score (nSPS) is 10.9. The number of aromatic nitrogens is 2. The van der Waals surface area contributed by atoms with Crippen LogP contribution in [0.5, 0.6) is 0 Å². The molecule has 3 heterocycles. The van der Waals surface area contributed by atoms with E-state index in [0.29, 0.717) is 16.0 Å². The Balaban J connectivity index is 1.98.